The van der Waals surface area contributed by atoms with Gasteiger partial charge in [0.25, 0.3) is 0 Å². The molecular formula is C23H23N3O5. The Balaban J connectivity index is 1.30. The molecule has 3 heterocycles. The number of hydrogen-bond donors (Lipinski definition) is 2. The van der Waals surface area contributed by atoms with Crippen molar-refractivity contribution < 1.29 is 19.0 Å². The van der Waals surface area contributed by atoms with Crippen molar-refractivity contribution in [1.29, 1.82) is 0 Å². The third-order valence-electron chi connectivity index (χ3n) is 5.65. The number of pyridine rings is 1. The fraction of sp³-hybridized carbons (Fsp3) is 0.304. The molecule has 2 aliphatic rings. The lowest BCUT2D eigenvalue weighted by Crippen LogP contribution is -2.39. The van der Waals surface area contributed by atoms with Gasteiger partial charge >= 0.3 is 0 Å². The van der Waals surface area contributed by atoms with E-state index in [0.717, 1.165) is 11.2 Å². The average Bonchev–Trinajstić information content (AvgIpc) is 2.79. The molecule has 8 heteroatoms. The highest BCUT2D eigenvalue weighted by Gasteiger charge is 2.23. The molecular weight excluding hydrogens is 398 g/mol. The molecule has 0 spiro atoms. The van der Waals surface area contributed by atoms with Gasteiger partial charge in [0.05, 0.1) is 13.7 Å². The zero-order valence-corrected chi connectivity index (χ0v) is 17.2. The number of benzene rings is 2. The highest BCUT2D eigenvalue weighted by atomic mass is 16.6. The van der Waals surface area contributed by atoms with Crippen LogP contribution in [0.15, 0.2) is 41.2 Å². The number of rotatable bonds is 4. The minimum atomic E-state index is -0.140. The SMILES string of the molecule is COc1ccc2[nH]c3c(c(=O)c2c1)CN(CC(=O)Nc1ccc2c(c1)OCCO2)CC3. The summed E-state index contributed by atoms with van der Waals surface area (Å²) in [6, 6.07) is 10.8. The van der Waals surface area contributed by atoms with E-state index in [1.165, 1.54) is 0 Å². The van der Waals surface area contributed by atoms with E-state index in [2.05, 4.69) is 10.3 Å². The fourth-order valence-corrected chi connectivity index (χ4v) is 4.10. The average molecular weight is 421 g/mol. The predicted octanol–water partition coefficient (Wildman–Crippen LogP) is 2.30. The zero-order valence-electron chi connectivity index (χ0n) is 17.2. The summed E-state index contributed by atoms with van der Waals surface area (Å²) in [6.07, 6.45) is 0.684. The first-order chi connectivity index (χ1) is 15.1. The first kappa shape index (κ1) is 19.4. The second-order valence-electron chi connectivity index (χ2n) is 7.69. The van der Waals surface area contributed by atoms with Crippen LogP contribution in [0.1, 0.15) is 11.3 Å². The molecule has 0 saturated carbocycles. The quantitative estimate of drug-likeness (QED) is 0.672. The van der Waals surface area contributed by atoms with E-state index in [0.29, 0.717) is 66.6 Å². The molecule has 2 aromatic carbocycles. The van der Waals surface area contributed by atoms with Crippen molar-refractivity contribution in [3.05, 3.63) is 57.9 Å². The van der Waals surface area contributed by atoms with Crippen molar-refractivity contribution >= 4 is 22.5 Å². The highest BCUT2D eigenvalue weighted by molar-refractivity contribution is 5.92. The van der Waals surface area contributed by atoms with Crippen LogP contribution in [0.5, 0.6) is 17.2 Å². The maximum Gasteiger partial charge on any atom is 0.238 e. The Morgan fingerprint density at radius 1 is 1.16 bits per heavy atom. The maximum absolute atomic E-state index is 13.1. The van der Waals surface area contributed by atoms with Crippen molar-refractivity contribution in [2.45, 2.75) is 13.0 Å². The van der Waals surface area contributed by atoms with E-state index in [1.807, 2.05) is 17.0 Å². The van der Waals surface area contributed by atoms with Crippen LogP contribution in [0.2, 0.25) is 0 Å². The number of carbonyl (C=O) groups excluding carboxylic acids is 1. The van der Waals surface area contributed by atoms with Crippen molar-refractivity contribution in [3.63, 3.8) is 0 Å². The first-order valence-electron chi connectivity index (χ1n) is 10.2. The largest absolute Gasteiger partial charge is 0.497 e. The Morgan fingerprint density at radius 2 is 2.00 bits per heavy atom. The van der Waals surface area contributed by atoms with Crippen molar-refractivity contribution in [2.75, 3.05) is 38.7 Å². The molecule has 0 aliphatic carbocycles. The molecule has 3 aromatic rings. The Bertz CT molecular complexity index is 1220. The van der Waals surface area contributed by atoms with E-state index in [9.17, 15) is 9.59 Å². The number of methoxy groups -OCH3 is 1. The molecule has 2 aliphatic heterocycles. The summed E-state index contributed by atoms with van der Waals surface area (Å²) in [4.78, 5) is 31.0. The van der Waals surface area contributed by atoms with Gasteiger partial charge in [-0.25, -0.2) is 0 Å². The van der Waals surface area contributed by atoms with E-state index in [-0.39, 0.29) is 17.9 Å². The summed E-state index contributed by atoms with van der Waals surface area (Å²) >= 11 is 0. The lowest BCUT2D eigenvalue weighted by molar-refractivity contribution is -0.117. The highest BCUT2D eigenvalue weighted by Crippen LogP contribution is 2.32. The van der Waals surface area contributed by atoms with Gasteiger partial charge in [0, 0.05) is 53.4 Å². The van der Waals surface area contributed by atoms with E-state index < -0.39 is 0 Å². The van der Waals surface area contributed by atoms with Gasteiger partial charge in [0.2, 0.25) is 5.91 Å². The second kappa shape index (κ2) is 7.96. The van der Waals surface area contributed by atoms with Crippen molar-refractivity contribution in [1.82, 2.24) is 9.88 Å². The number of fused-ring (bicyclic) bond motifs is 3. The summed E-state index contributed by atoms with van der Waals surface area (Å²) in [7, 11) is 1.58. The van der Waals surface area contributed by atoms with Crippen LogP contribution in [0.4, 0.5) is 5.69 Å². The standard InChI is InChI=1S/C23H23N3O5/c1-29-15-3-4-18-16(11-15)23(28)17-12-26(7-6-19(17)25-18)13-22(27)24-14-2-5-20-21(10-14)31-9-8-30-20/h2-5,10-11H,6-9,12-13H2,1H3,(H,24,27)(H,25,28). The Kier molecular flexibility index (Phi) is 4.99. The van der Waals surface area contributed by atoms with Crippen LogP contribution >= 0.6 is 0 Å². The Labute approximate surface area is 178 Å². The number of carbonyl (C=O) groups is 1. The number of ether oxygens (including phenoxy) is 3. The molecule has 8 nitrogen and oxygen atoms in total. The molecule has 5 rings (SSSR count). The van der Waals surface area contributed by atoms with Gasteiger partial charge < -0.3 is 24.5 Å². The van der Waals surface area contributed by atoms with Crippen molar-refractivity contribution in [3.8, 4) is 17.2 Å². The van der Waals surface area contributed by atoms with Gasteiger partial charge in [-0.1, -0.05) is 0 Å². The lowest BCUT2D eigenvalue weighted by atomic mass is 10.0. The van der Waals surface area contributed by atoms with Crippen LogP contribution in [-0.4, -0.2) is 49.2 Å². The summed E-state index contributed by atoms with van der Waals surface area (Å²) < 4.78 is 16.3. The minimum Gasteiger partial charge on any atom is -0.497 e. The molecule has 1 aromatic heterocycles. The van der Waals surface area contributed by atoms with Gasteiger partial charge in [0.15, 0.2) is 16.9 Å². The summed E-state index contributed by atoms with van der Waals surface area (Å²) in [6.45, 7) is 2.33. The summed E-state index contributed by atoms with van der Waals surface area (Å²) in [5.74, 6) is 1.81. The number of nitrogens with zero attached hydrogens (tertiary/aromatic N) is 1. The van der Waals surface area contributed by atoms with E-state index >= 15 is 0 Å². The molecule has 0 saturated heterocycles. The van der Waals surface area contributed by atoms with Gasteiger partial charge in [-0.2, -0.15) is 0 Å². The second-order valence-corrected chi connectivity index (χ2v) is 7.69. The van der Waals surface area contributed by atoms with Crippen LogP contribution in [0, 0.1) is 0 Å². The zero-order chi connectivity index (χ0) is 21.4. The predicted molar refractivity (Wildman–Crippen MR) is 116 cm³/mol. The number of nitrogens with one attached hydrogen (secondary N) is 2. The monoisotopic (exact) mass is 421 g/mol. The minimum absolute atomic E-state index is 0.0143. The van der Waals surface area contributed by atoms with Crippen LogP contribution in [0.25, 0.3) is 10.9 Å². The fourth-order valence-electron chi connectivity index (χ4n) is 4.10. The van der Waals surface area contributed by atoms with Gasteiger partial charge in [-0.3, -0.25) is 14.5 Å². The molecule has 1 amide bonds. The molecule has 0 fully saturated rings. The number of aromatic amines is 1. The van der Waals surface area contributed by atoms with Gasteiger partial charge in [0.1, 0.15) is 19.0 Å². The van der Waals surface area contributed by atoms with E-state index in [4.69, 9.17) is 14.2 Å². The topological polar surface area (TPSA) is 92.9 Å². The number of hydrogen-bond acceptors (Lipinski definition) is 6. The third-order valence-corrected chi connectivity index (χ3v) is 5.65. The number of anilines is 1. The van der Waals surface area contributed by atoms with Crippen molar-refractivity contribution in [2.24, 2.45) is 0 Å². The maximum atomic E-state index is 13.1. The number of aromatic nitrogens is 1. The molecule has 0 radical (unpaired) electrons. The summed E-state index contributed by atoms with van der Waals surface area (Å²) in [5.41, 5.74) is 3.09. The summed E-state index contributed by atoms with van der Waals surface area (Å²) in [5, 5.41) is 3.50. The first-order valence-corrected chi connectivity index (χ1v) is 10.2. The molecule has 31 heavy (non-hydrogen) atoms. The molecule has 0 unspecified atom stereocenters. The lowest BCUT2D eigenvalue weighted by Gasteiger charge is -2.28. The number of H-pyrrole nitrogens is 1. The van der Waals surface area contributed by atoms with Gasteiger partial charge in [-0.05, 0) is 30.3 Å². The van der Waals surface area contributed by atoms with Gasteiger partial charge in [-0.15, -0.1) is 0 Å². The van der Waals surface area contributed by atoms with Crippen LogP contribution in [0.3, 0.4) is 0 Å². The normalized spacial score (nSPS) is 15.4. The smallest absolute Gasteiger partial charge is 0.238 e. The Morgan fingerprint density at radius 3 is 2.84 bits per heavy atom. The molecule has 0 bridgehead atoms. The van der Waals surface area contributed by atoms with Crippen LogP contribution in [-0.2, 0) is 17.8 Å². The molecule has 160 valence electrons. The Hall–Kier alpha value is -3.52. The number of amides is 1. The molecule has 0 atom stereocenters. The van der Waals surface area contributed by atoms with E-state index in [1.54, 1.807) is 31.4 Å². The van der Waals surface area contributed by atoms with Crippen LogP contribution < -0.4 is 25.0 Å². The third kappa shape index (κ3) is 3.82. The molecule has 2 N–H and O–H groups in total.